The minimum atomic E-state index is -0.791. The highest BCUT2D eigenvalue weighted by Gasteiger charge is 2.33. The van der Waals surface area contributed by atoms with Gasteiger partial charge in [-0.15, -0.1) is 0 Å². The quantitative estimate of drug-likeness (QED) is 0.844. The van der Waals surface area contributed by atoms with Gasteiger partial charge < -0.3 is 20.7 Å². The maximum atomic E-state index is 12.6. The van der Waals surface area contributed by atoms with Gasteiger partial charge in [-0.25, -0.2) is 0 Å². The largest absolute Gasteiger partial charge is 0.477 e. The Morgan fingerprint density at radius 3 is 2.90 bits per heavy atom. The molecule has 2 unspecified atom stereocenters. The summed E-state index contributed by atoms with van der Waals surface area (Å²) in [4.78, 5) is 25.6. The zero-order chi connectivity index (χ0) is 14.8. The molecule has 21 heavy (non-hydrogen) atoms. The third-order valence-electron chi connectivity index (χ3n) is 3.98. The molecule has 1 aromatic rings. The van der Waals surface area contributed by atoms with E-state index in [1.165, 1.54) is 0 Å². The number of amides is 2. The average molecular weight is 289 g/mol. The molecule has 1 aromatic carbocycles. The van der Waals surface area contributed by atoms with Gasteiger partial charge in [0.25, 0.3) is 5.91 Å². The second-order valence-electron chi connectivity index (χ2n) is 5.48. The van der Waals surface area contributed by atoms with Crippen LogP contribution in [-0.2, 0) is 9.59 Å². The van der Waals surface area contributed by atoms with Crippen LogP contribution in [0.5, 0.6) is 5.75 Å². The summed E-state index contributed by atoms with van der Waals surface area (Å²) in [6, 6.07) is 7.45. The highest BCUT2D eigenvalue weighted by Crippen LogP contribution is 2.33. The Labute approximate surface area is 123 Å². The number of benzene rings is 1. The van der Waals surface area contributed by atoms with Crippen molar-refractivity contribution in [2.75, 3.05) is 18.0 Å². The zero-order valence-corrected chi connectivity index (χ0v) is 11.7. The first-order valence-electron chi connectivity index (χ1n) is 7.24. The van der Waals surface area contributed by atoms with Crippen molar-refractivity contribution in [3.8, 4) is 5.75 Å². The van der Waals surface area contributed by atoms with Crippen molar-refractivity contribution in [2.45, 2.75) is 31.4 Å². The fourth-order valence-corrected chi connectivity index (χ4v) is 2.87. The van der Waals surface area contributed by atoms with Gasteiger partial charge in [-0.05, 0) is 31.5 Å². The minimum Gasteiger partial charge on any atom is -0.477 e. The van der Waals surface area contributed by atoms with Crippen molar-refractivity contribution < 1.29 is 14.3 Å². The van der Waals surface area contributed by atoms with Gasteiger partial charge in [-0.3, -0.25) is 9.59 Å². The van der Waals surface area contributed by atoms with Crippen LogP contribution in [-0.4, -0.2) is 37.0 Å². The average Bonchev–Trinajstić information content (AvgIpc) is 2.98. The summed E-state index contributed by atoms with van der Waals surface area (Å²) < 4.78 is 5.56. The summed E-state index contributed by atoms with van der Waals surface area (Å²) >= 11 is 0. The van der Waals surface area contributed by atoms with Gasteiger partial charge in [0.15, 0.2) is 6.10 Å². The first kappa shape index (κ1) is 13.9. The molecule has 2 amide bonds. The number of rotatable bonds is 3. The Balaban J connectivity index is 1.81. The molecule has 6 nitrogen and oxygen atoms in total. The standard InChI is InChI=1S/C15H19N3O3/c16-15(20)13-9-18(11-5-1-2-6-12(11)21-13)14(19)8-10-4-3-7-17-10/h1-2,5-6,10,13,17H,3-4,7-9H2,(H2,16,20). The lowest BCUT2D eigenvalue weighted by Crippen LogP contribution is -2.50. The predicted octanol–water partition coefficient (Wildman–Crippen LogP) is 0.408. The number of anilines is 1. The highest BCUT2D eigenvalue weighted by atomic mass is 16.5. The molecule has 3 N–H and O–H groups in total. The first-order valence-corrected chi connectivity index (χ1v) is 7.24. The maximum Gasteiger partial charge on any atom is 0.260 e. The third kappa shape index (κ3) is 2.85. The Morgan fingerprint density at radius 1 is 1.38 bits per heavy atom. The van der Waals surface area contributed by atoms with Crippen LogP contribution in [0.4, 0.5) is 5.69 Å². The van der Waals surface area contributed by atoms with Crippen molar-refractivity contribution in [3.63, 3.8) is 0 Å². The Kier molecular flexibility index (Phi) is 3.79. The minimum absolute atomic E-state index is 0.00333. The molecule has 0 aliphatic carbocycles. The Morgan fingerprint density at radius 2 is 2.19 bits per heavy atom. The molecular weight excluding hydrogens is 270 g/mol. The number of nitrogens with two attached hydrogens (primary N) is 1. The highest BCUT2D eigenvalue weighted by molar-refractivity contribution is 5.97. The van der Waals surface area contributed by atoms with Crippen molar-refractivity contribution in [3.05, 3.63) is 24.3 Å². The third-order valence-corrected chi connectivity index (χ3v) is 3.98. The van der Waals surface area contributed by atoms with Crippen LogP contribution in [0.2, 0.25) is 0 Å². The summed E-state index contributed by atoms with van der Waals surface area (Å²) in [5.74, 6) is -0.0297. The fraction of sp³-hybridized carbons (Fsp3) is 0.467. The summed E-state index contributed by atoms with van der Waals surface area (Å²) in [7, 11) is 0. The second-order valence-corrected chi connectivity index (χ2v) is 5.48. The van der Waals surface area contributed by atoms with E-state index < -0.39 is 12.0 Å². The number of nitrogens with one attached hydrogen (secondary N) is 1. The van der Waals surface area contributed by atoms with E-state index in [0.29, 0.717) is 17.9 Å². The van der Waals surface area contributed by atoms with Gasteiger partial charge >= 0.3 is 0 Å². The molecule has 2 atom stereocenters. The molecule has 2 aliphatic heterocycles. The zero-order valence-electron chi connectivity index (χ0n) is 11.7. The van der Waals surface area contributed by atoms with Gasteiger partial charge in [-0.1, -0.05) is 12.1 Å². The molecule has 112 valence electrons. The molecule has 1 fully saturated rings. The van der Waals surface area contributed by atoms with Crippen LogP contribution in [0.25, 0.3) is 0 Å². The summed E-state index contributed by atoms with van der Waals surface area (Å²) in [5.41, 5.74) is 6.04. The van der Waals surface area contributed by atoms with E-state index in [0.717, 1.165) is 19.4 Å². The predicted molar refractivity (Wildman–Crippen MR) is 78.0 cm³/mol. The molecule has 1 saturated heterocycles. The molecule has 0 spiro atoms. The van der Waals surface area contributed by atoms with Crippen LogP contribution in [0.15, 0.2) is 24.3 Å². The van der Waals surface area contributed by atoms with Crippen molar-refractivity contribution in [2.24, 2.45) is 5.73 Å². The molecule has 0 radical (unpaired) electrons. The van der Waals surface area contributed by atoms with E-state index in [1.807, 2.05) is 18.2 Å². The van der Waals surface area contributed by atoms with E-state index in [1.54, 1.807) is 11.0 Å². The number of para-hydroxylation sites is 2. The van der Waals surface area contributed by atoms with E-state index >= 15 is 0 Å². The number of fused-ring (bicyclic) bond motifs is 1. The lowest BCUT2D eigenvalue weighted by molar-refractivity contribution is -0.125. The summed E-state index contributed by atoms with van der Waals surface area (Å²) in [6.07, 6.45) is 1.75. The van der Waals surface area contributed by atoms with Crippen molar-refractivity contribution in [1.82, 2.24) is 5.32 Å². The Bertz CT molecular complexity index is 555. The number of nitrogens with zero attached hydrogens (tertiary/aromatic N) is 1. The Hall–Kier alpha value is -2.08. The van der Waals surface area contributed by atoms with Gasteiger partial charge in [0, 0.05) is 12.5 Å². The smallest absolute Gasteiger partial charge is 0.260 e. The van der Waals surface area contributed by atoms with Crippen LogP contribution in [0, 0.1) is 0 Å². The number of ether oxygens (including phenoxy) is 1. The second kappa shape index (κ2) is 5.73. The molecule has 0 bridgehead atoms. The van der Waals surface area contributed by atoms with Gasteiger partial charge in [0.2, 0.25) is 5.91 Å². The number of carbonyl (C=O) groups excluding carboxylic acids is 2. The number of primary amides is 1. The van der Waals surface area contributed by atoms with Crippen LogP contribution < -0.4 is 20.7 Å². The van der Waals surface area contributed by atoms with E-state index in [-0.39, 0.29) is 18.5 Å². The molecule has 0 aromatic heterocycles. The van der Waals surface area contributed by atoms with E-state index in [4.69, 9.17) is 10.5 Å². The SMILES string of the molecule is NC(=O)C1CN(C(=O)CC2CCCN2)c2ccccc2O1. The van der Waals surface area contributed by atoms with Crippen LogP contribution in [0.1, 0.15) is 19.3 Å². The molecule has 3 rings (SSSR count). The maximum absolute atomic E-state index is 12.6. The first-order chi connectivity index (χ1) is 10.1. The van der Waals surface area contributed by atoms with Gasteiger partial charge in [-0.2, -0.15) is 0 Å². The molecule has 6 heteroatoms. The van der Waals surface area contributed by atoms with E-state index in [2.05, 4.69) is 5.32 Å². The number of hydrogen-bond donors (Lipinski definition) is 2. The number of carbonyl (C=O) groups is 2. The van der Waals surface area contributed by atoms with Gasteiger partial charge in [0.1, 0.15) is 5.75 Å². The fourth-order valence-electron chi connectivity index (χ4n) is 2.87. The summed E-state index contributed by atoms with van der Waals surface area (Å²) in [6.45, 7) is 1.14. The molecule has 0 saturated carbocycles. The molecular formula is C15H19N3O3. The summed E-state index contributed by atoms with van der Waals surface area (Å²) in [5, 5.41) is 3.31. The van der Waals surface area contributed by atoms with E-state index in [9.17, 15) is 9.59 Å². The lowest BCUT2D eigenvalue weighted by Gasteiger charge is -2.34. The van der Waals surface area contributed by atoms with Crippen molar-refractivity contribution in [1.29, 1.82) is 0 Å². The van der Waals surface area contributed by atoms with Crippen LogP contribution >= 0.6 is 0 Å². The van der Waals surface area contributed by atoms with Crippen LogP contribution in [0.3, 0.4) is 0 Å². The number of hydrogen-bond acceptors (Lipinski definition) is 4. The lowest BCUT2D eigenvalue weighted by atomic mass is 10.1. The topological polar surface area (TPSA) is 84.7 Å². The monoisotopic (exact) mass is 289 g/mol. The molecule has 2 heterocycles. The van der Waals surface area contributed by atoms with Gasteiger partial charge in [0.05, 0.1) is 12.2 Å². The van der Waals surface area contributed by atoms with Crippen molar-refractivity contribution >= 4 is 17.5 Å². The molecule has 2 aliphatic rings. The normalized spacial score (nSPS) is 24.3.